The Morgan fingerprint density at radius 1 is 1.15 bits per heavy atom. The molecule has 2 aliphatic rings. The number of carbonyl (C=O) groups is 1. The first-order chi connectivity index (χ1) is 16.0. The third kappa shape index (κ3) is 4.20. The summed E-state index contributed by atoms with van der Waals surface area (Å²) in [5.41, 5.74) is 1.48. The molecule has 1 atom stereocenters. The zero-order chi connectivity index (χ0) is 22.9. The number of amides is 1. The lowest BCUT2D eigenvalue weighted by Crippen LogP contribution is -2.44. The van der Waals surface area contributed by atoms with Crippen molar-refractivity contribution < 1.29 is 9.18 Å². The Morgan fingerprint density at radius 2 is 1.91 bits per heavy atom. The van der Waals surface area contributed by atoms with E-state index in [-0.39, 0.29) is 28.6 Å². The number of likely N-dealkylation sites (tertiary alicyclic amines) is 1. The zero-order valence-corrected chi connectivity index (χ0v) is 18.6. The van der Waals surface area contributed by atoms with Gasteiger partial charge in [-0.1, -0.05) is 12.1 Å². The number of anilines is 1. The highest BCUT2D eigenvalue weighted by Crippen LogP contribution is 2.31. The van der Waals surface area contributed by atoms with Crippen LogP contribution in [0.1, 0.15) is 41.5 Å². The van der Waals surface area contributed by atoms with Gasteiger partial charge in [0.1, 0.15) is 5.82 Å². The molecule has 2 N–H and O–H groups in total. The van der Waals surface area contributed by atoms with Crippen LogP contribution in [0.4, 0.5) is 10.1 Å². The predicted octanol–water partition coefficient (Wildman–Crippen LogP) is 2.28. The molecular weight excluding hydrogens is 423 g/mol. The van der Waals surface area contributed by atoms with Gasteiger partial charge in [-0.2, -0.15) is 0 Å². The Morgan fingerprint density at radius 3 is 2.64 bits per heavy atom. The monoisotopic (exact) mass is 450 g/mol. The van der Waals surface area contributed by atoms with Crippen LogP contribution in [0.25, 0.3) is 10.8 Å². The van der Waals surface area contributed by atoms with E-state index in [1.807, 2.05) is 6.07 Å². The van der Waals surface area contributed by atoms with Crippen molar-refractivity contribution in [3.05, 3.63) is 64.3 Å². The predicted molar refractivity (Wildman–Crippen MR) is 124 cm³/mol. The van der Waals surface area contributed by atoms with Gasteiger partial charge in [-0.25, -0.2) is 14.4 Å². The molecule has 9 heteroatoms. The van der Waals surface area contributed by atoms with Crippen molar-refractivity contribution in [3.8, 4) is 0 Å². The highest BCUT2D eigenvalue weighted by molar-refractivity contribution is 5.90. The van der Waals surface area contributed by atoms with Crippen LogP contribution in [0.3, 0.4) is 0 Å². The number of pyridine rings is 1. The Balaban J connectivity index is 1.21. The second kappa shape index (κ2) is 8.90. The standard InChI is InChI=1S/C24H27FN6O2/c1-26-24(33)22-27-12-18(13-28-22)30-9-6-17(7-10-30)31-8-5-16(14-31)20-11-15-3-2-4-19(25)21(15)23(32)29-20/h2-4,11-13,16-17H,5-10,14H2,1H3,(H,26,33)(H,29,32). The Labute approximate surface area is 190 Å². The smallest absolute Gasteiger partial charge is 0.288 e. The maximum Gasteiger partial charge on any atom is 0.288 e. The molecular formula is C24H27FN6O2. The molecule has 8 nitrogen and oxygen atoms in total. The number of aromatic amines is 1. The molecule has 0 bridgehead atoms. The average molecular weight is 451 g/mol. The van der Waals surface area contributed by atoms with Crippen molar-refractivity contribution in [2.45, 2.75) is 31.2 Å². The van der Waals surface area contributed by atoms with Gasteiger partial charge in [-0.05, 0) is 43.3 Å². The molecule has 0 saturated carbocycles. The fourth-order valence-electron chi connectivity index (χ4n) is 5.09. The SMILES string of the molecule is CNC(=O)c1ncc(N2CCC(N3CCC(c4cc5cccc(F)c5c(=O)[nH]4)C3)CC2)cn1. The van der Waals surface area contributed by atoms with Crippen molar-refractivity contribution in [1.82, 2.24) is 25.2 Å². The van der Waals surface area contributed by atoms with Gasteiger partial charge in [0.25, 0.3) is 11.5 Å². The fourth-order valence-corrected chi connectivity index (χ4v) is 5.09. The Kier molecular flexibility index (Phi) is 5.80. The number of piperidine rings is 1. The summed E-state index contributed by atoms with van der Waals surface area (Å²) in [4.78, 5) is 40.1. The minimum Gasteiger partial charge on any atom is -0.369 e. The van der Waals surface area contributed by atoms with Crippen LogP contribution in [0.15, 0.2) is 41.5 Å². The molecule has 0 aliphatic carbocycles. The summed E-state index contributed by atoms with van der Waals surface area (Å²) in [5, 5.41) is 3.32. The maximum atomic E-state index is 14.0. The van der Waals surface area contributed by atoms with Gasteiger partial charge in [-0.15, -0.1) is 0 Å². The van der Waals surface area contributed by atoms with Crippen molar-refractivity contribution in [1.29, 1.82) is 0 Å². The molecule has 1 aromatic carbocycles. The molecule has 0 spiro atoms. The largest absolute Gasteiger partial charge is 0.369 e. The van der Waals surface area contributed by atoms with Crippen molar-refractivity contribution in [2.75, 3.05) is 38.1 Å². The third-order valence-corrected chi connectivity index (χ3v) is 6.92. The van der Waals surface area contributed by atoms with Crippen LogP contribution < -0.4 is 15.8 Å². The lowest BCUT2D eigenvalue weighted by Gasteiger charge is -2.37. The highest BCUT2D eigenvalue weighted by atomic mass is 19.1. The number of hydrogen-bond donors (Lipinski definition) is 2. The number of nitrogens with zero attached hydrogens (tertiary/aromatic N) is 4. The van der Waals surface area contributed by atoms with E-state index < -0.39 is 5.82 Å². The van der Waals surface area contributed by atoms with Crippen molar-refractivity contribution in [3.63, 3.8) is 0 Å². The number of halogens is 1. The summed E-state index contributed by atoms with van der Waals surface area (Å²) in [6.07, 6.45) is 6.46. The van der Waals surface area contributed by atoms with Gasteiger partial charge in [0, 0.05) is 44.3 Å². The molecule has 2 aromatic heterocycles. The van der Waals surface area contributed by atoms with E-state index in [1.165, 1.54) is 6.07 Å². The van der Waals surface area contributed by atoms with Gasteiger partial charge < -0.3 is 15.2 Å². The molecule has 1 unspecified atom stereocenters. The number of benzene rings is 1. The summed E-state index contributed by atoms with van der Waals surface area (Å²) < 4.78 is 14.0. The molecule has 1 amide bonds. The summed E-state index contributed by atoms with van der Waals surface area (Å²) in [7, 11) is 1.56. The lowest BCUT2D eigenvalue weighted by atomic mass is 10.0. The van der Waals surface area contributed by atoms with Crippen LogP contribution in [0.5, 0.6) is 0 Å². The van der Waals surface area contributed by atoms with Crippen molar-refractivity contribution in [2.24, 2.45) is 0 Å². The molecule has 5 rings (SSSR count). The molecule has 172 valence electrons. The quantitative estimate of drug-likeness (QED) is 0.633. The second-order valence-electron chi connectivity index (χ2n) is 8.80. The van der Waals surface area contributed by atoms with E-state index in [4.69, 9.17) is 0 Å². The summed E-state index contributed by atoms with van der Waals surface area (Å²) in [6, 6.07) is 7.18. The van der Waals surface area contributed by atoms with E-state index >= 15 is 0 Å². The van der Waals surface area contributed by atoms with E-state index in [0.29, 0.717) is 11.4 Å². The lowest BCUT2D eigenvalue weighted by molar-refractivity contribution is 0.0952. The van der Waals surface area contributed by atoms with Crippen molar-refractivity contribution >= 4 is 22.4 Å². The van der Waals surface area contributed by atoms with Gasteiger partial charge in [-0.3, -0.25) is 14.5 Å². The fraction of sp³-hybridized carbons (Fsp3) is 0.417. The van der Waals surface area contributed by atoms with E-state index in [2.05, 4.69) is 30.1 Å². The van der Waals surface area contributed by atoms with Crippen LogP contribution in [-0.2, 0) is 0 Å². The van der Waals surface area contributed by atoms with E-state index in [9.17, 15) is 14.0 Å². The van der Waals surface area contributed by atoms with Crippen LogP contribution >= 0.6 is 0 Å². The van der Waals surface area contributed by atoms with Gasteiger partial charge in [0.05, 0.1) is 23.5 Å². The number of hydrogen-bond acceptors (Lipinski definition) is 6. The number of fused-ring (bicyclic) bond motifs is 1. The number of rotatable bonds is 4. The van der Waals surface area contributed by atoms with E-state index in [0.717, 1.165) is 56.8 Å². The van der Waals surface area contributed by atoms with Gasteiger partial charge >= 0.3 is 0 Å². The van der Waals surface area contributed by atoms with E-state index in [1.54, 1.807) is 31.6 Å². The van der Waals surface area contributed by atoms with Gasteiger partial charge in [0.2, 0.25) is 5.82 Å². The van der Waals surface area contributed by atoms with Gasteiger partial charge in [0.15, 0.2) is 0 Å². The number of carbonyl (C=O) groups excluding carboxylic acids is 1. The number of aromatic nitrogens is 3. The third-order valence-electron chi connectivity index (χ3n) is 6.92. The second-order valence-corrected chi connectivity index (χ2v) is 8.80. The zero-order valence-electron chi connectivity index (χ0n) is 18.6. The number of nitrogens with one attached hydrogen (secondary N) is 2. The first kappa shape index (κ1) is 21.5. The van der Waals surface area contributed by atoms with Crippen LogP contribution in [0.2, 0.25) is 0 Å². The topological polar surface area (TPSA) is 94.2 Å². The van der Waals surface area contributed by atoms with Crippen LogP contribution in [-0.4, -0.2) is 65.0 Å². The molecule has 2 saturated heterocycles. The molecule has 0 radical (unpaired) electrons. The average Bonchev–Trinajstić information content (AvgIpc) is 3.34. The Bertz CT molecular complexity index is 1220. The number of H-pyrrole nitrogens is 1. The summed E-state index contributed by atoms with van der Waals surface area (Å²) in [5.74, 6) is -0.349. The first-order valence-corrected chi connectivity index (χ1v) is 11.4. The first-order valence-electron chi connectivity index (χ1n) is 11.4. The Hall–Kier alpha value is -3.33. The molecule has 3 aromatic rings. The molecule has 2 aliphatic heterocycles. The minimum absolute atomic E-state index is 0.135. The maximum absolute atomic E-state index is 14.0. The molecule has 33 heavy (non-hydrogen) atoms. The van der Waals surface area contributed by atoms with Crippen LogP contribution in [0, 0.1) is 5.82 Å². The summed E-state index contributed by atoms with van der Waals surface area (Å²) in [6.45, 7) is 3.69. The normalized spacial score (nSPS) is 19.8. The summed E-state index contributed by atoms with van der Waals surface area (Å²) >= 11 is 0. The minimum atomic E-state index is -0.478. The molecule has 2 fully saturated rings. The molecule has 4 heterocycles. The highest BCUT2D eigenvalue weighted by Gasteiger charge is 2.32.